The van der Waals surface area contributed by atoms with E-state index in [-0.39, 0.29) is 11.2 Å². The minimum atomic E-state index is -0.0619. The molecule has 1 N–H and O–H groups in total. The smallest absolute Gasteiger partial charge is 0.236 e. The first-order valence-corrected chi connectivity index (χ1v) is 13.6. The molecule has 0 aliphatic heterocycles. The Morgan fingerprint density at radius 1 is 1.06 bits per heavy atom. The van der Waals surface area contributed by atoms with Crippen LogP contribution in [0.3, 0.4) is 0 Å². The monoisotopic (exact) mass is 468 g/mol. The molecule has 0 unspecified atom stereocenters. The normalized spacial score (nSPS) is 24.5. The van der Waals surface area contributed by atoms with Crippen LogP contribution in [0, 0.1) is 29.1 Å². The highest BCUT2D eigenvalue weighted by Gasteiger charge is 2.50. The standard InChI is InChI=1S/C29H36N6/c1-19-11-13-21(14-12-19)18-35-25-26(31-20(2)22-7-6-8-22)32-24(17-30)33-27(25)34-28(35)29(15-16-29)23-9-4-3-5-10-23/h3-5,9-10,19-22H,6-8,11-16,18H2,1-2H3,(H,31,32,33)/t19?,20-,21?/m1/s1. The molecule has 1 aromatic carbocycles. The summed E-state index contributed by atoms with van der Waals surface area (Å²) in [6.45, 7) is 5.58. The fraction of sp³-hybridized carbons (Fsp3) is 0.586. The topological polar surface area (TPSA) is 79.4 Å². The number of nitrogens with zero attached hydrogens (tertiary/aromatic N) is 5. The number of benzene rings is 1. The molecular weight excluding hydrogens is 432 g/mol. The van der Waals surface area contributed by atoms with Crippen LogP contribution in [-0.4, -0.2) is 25.6 Å². The zero-order chi connectivity index (χ0) is 24.0. The molecule has 6 nitrogen and oxygen atoms in total. The number of anilines is 1. The lowest BCUT2D eigenvalue weighted by molar-refractivity contribution is 0.264. The van der Waals surface area contributed by atoms with E-state index in [1.165, 1.54) is 50.5 Å². The van der Waals surface area contributed by atoms with Crippen molar-refractivity contribution in [3.8, 4) is 6.07 Å². The predicted octanol–water partition coefficient (Wildman–Crippen LogP) is 6.20. The van der Waals surface area contributed by atoms with Crippen molar-refractivity contribution < 1.29 is 0 Å². The van der Waals surface area contributed by atoms with Gasteiger partial charge in [-0.05, 0) is 68.8 Å². The second kappa shape index (κ2) is 8.93. The molecule has 3 aliphatic rings. The highest BCUT2D eigenvalue weighted by Crippen LogP contribution is 2.54. The van der Waals surface area contributed by atoms with Crippen molar-refractivity contribution in [2.24, 2.45) is 17.8 Å². The molecule has 3 fully saturated rings. The third kappa shape index (κ3) is 4.09. The maximum atomic E-state index is 9.70. The molecule has 6 rings (SSSR count). The van der Waals surface area contributed by atoms with Gasteiger partial charge in [-0.2, -0.15) is 15.2 Å². The summed E-state index contributed by atoms with van der Waals surface area (Å²) in [6, 6.07) is 13.3. The van der Waals surface area contributed by atoms with Gasteiger partial charge in [0.2, 0.25) is 5.82 Å². The van der Waals surface area contributed by atoms with E-state index in [4.69, 9.17) is 9.97 Å². The third-order valence-corrected chi connectivity index (χ3v) is 9.00. The summed E-state index contributed by atoms with van der Waals surface area (Å²) in [5.41, 5.74) is 2.93. The molecule has 2 heterocycles. The van der Waals surface area contributed by atoms with Crippen LogP contribution < -0.4 is 5.32 Å². The van der Waals surface area contributed by atoms with Crippen molar-refractivity contribution in [3.05, 3.63) is 47.5 Å². The Morgan fingerprint density at radius 2 is 1.80 bits per heavy atom. The molecular formula is C29H36N6. The largest absolute Gasteiger partial charge is 0.365 e. The van der Waals surface area contributed by atoms with Crippen molar-refractivity contribution in [2.75, 3.05) is 5.32 Å². The molecule has 35 heavy (non-hydrogen) atoms. The minimum absolute atomic E-state index is 0.0619. The number of aromatic nitrogens is 4. The van der Waals surface area contributed by atoms with E-state index in [0.29, 0.717) is 23.5 Å². The second-order valence-electron chi connectivity index (χ2n) is 11.4. The first-order chi connectivity index (χ1) is 17.1. The average molecular weight is 469 g/mol. The Morgan fingerprint density at radius 3 is 2.43 bits per heavy atom. The SMILES string of the molecule is CC1CCC(Cn2c(C3(c4ccccc4)CC3)nc3nc(C#N)nc(N[C@H](C)C4CCC4)c32)CC1. The van der Waals surface area contributed by atoms with Crippen molar-refractivity contribution in [3.63, 3.8) is 0 Å². The maximum absolute atomic E-state index is 9.70. The molecule has 0 saturated heterocycles. The Labute approximate surface area is 208 Å². The number of hydrogen-bond acceptors (Lipinski definition) is 5. The number of nitrogens with one attached hydrogen (secondary N) is 1. The first kappa shape index (κ1) is 22.5. The molecule has 1 atom stereocenters. The van der Waals surface area contributed by atoms with Gasteiger partial charge in [0.25, 0.3) is 0 Å². The van der Waals surface area contributed by atoms with Gasteiger partial charge < -0.3 is 9.88 Å². The summed E-state index contributed by atoms with van der Waals surface area (Å²) in [6.07, 6.45) is 11.1. The van der Waals surface area contributed by atoms with E-state index in [0.717, 1.165) is 42.5 Å². The van der Waals surface area contributed by atoms with Crippen molar-refractivity contribution in [1.82, 2.24) is 19.5 Å². The fourth-order valence-corrected chi connectivity index (χ4v) is 6.30. The first-order valence-electron chi connectivity index (χ1n) is 13.6. The Bertz CT molecular complexity index is 1240. The van der Waals surface area contributed by atoms with Gasteiger partial charge in [0.05, 0.1) is 5.41 Å². The van der Waals surface area contributed by atoms with Gasteiger partial charge in [-0.3, -0.25) is 0 Å². The van der Waals surface area contributed by atoms with Crippen LogP contribution in [0.5, 0.6) is 0 Å². The molecule has 0 radical (unpaired) electrons. The van der Waals surface area contributed by atoms with Crippen molar-refractivity contribution in [2.45, 2.75) is 89.6 Å². The highest BCUT2D eigenvalue weighted by atomic mass is 15.2. The molecule has 0 spiro atoms. The van der Waals surface area contributed by atoms with Gasteiger partial charge in [0, 0.05) is 12.6 Å². The van der Waals surface area contributed by atoms with E-state index in [1.807, 2.05) is 0 Å². The second-order valence-corrected chi connectivity index (χ2v) is 11.4. The van der Waals surface area contributed by atoms with Crippen LogP contribution in [0.4, 0.5) is 5.82 Å². The number of hydrogen-bond donors (Lipinski definition) is 1. The summed E-state index contributed by atoms with van der Waals surface area (Å²) in [5, 5.41) is 13.4. The summed E-state index contributed by atoms with van der Waals surface area (Å²) >= 11 is 0. The highest BCUT2D eigenvalue weighted by molar-refractivity contribution is 5.85. The fourth-order valence-electron chi connectivity index (χ4n) is 6.30. The van der Waals surface area contributed by atoms with Gasteiger partial charge in [-0.15, -0.1) is 0 Å². The summed E-state index contributed by atoms with van der Waals surface area (Å²) in [7, 11) is 0. The van der Waals surface area contributed by atoms with Crippen LogP contribution in [0.25, 0.3) is 11.2 Å². The summed E-state index contributed by atoms with van der Waals surface area (Å²) in [5.74, 6) is 4.24. The van der Waals surface area contributed by atoms with Crippen LogP contribution in [0.2, 0.25) is 0 Å². The molecule has 6 heteroatoms. The number of rotatable bonds is 7. The number of nitriles is 1. The molecule has 0 bridgehead atoms. The number of imidazole rings is 1. The van der Waals surface area contributed by atoms with Gasteiger partial charge >= 0.3 is 0 Å². The lowest BCUT2D eigenvalue weighted by Crippen LogP contribution is -2.31. The van der Waals surface area contributed by atoms with Gasteiger partial charge in [-0.25, -0.2) is 4.98 Å². The van der Waals surface area contributed by atoms with Crippen molar-refractivity contribution in [1.29, 1.82) is 5.26 Å². The van der Waals surface area contributed by atoms with Gasteiger partial charge in [-0.1, -0.05) is 56.5 Å². The van der Waals surface area contributed by atoms with Crippen LogP contribution >= 0.6 is 0 Å². The number of fused-ring (bicyclic) bond motifs is 1. The Kier molecular flexibility index (Phi) is 5.75. The molecule has 2 aromatic heterocycles. The summed E-state index contributed by atoms with van der Waals surface area (Å²) in [4.78, 5) is 14.5. The Balaban J connectivity index is 1.48. The van der Waals surface area contributed by atoms with E-state index in [2.05, 4.69) is 65.1 Å². The molecule has 3 saturated carbocycles. The van der Waals surface area contributed by atoms with Gasteiger partial charge in [0.1, 0.15) is 17.4 Å². The van der Waals surface area contributed by atoms with E-state index >= 15 is 0 Å². The zero-order valence-corrected chi connectivity index (χ0v) is 21.0. The molecule has 182 valence electrons. The zero-order valence-electron chi connectivity index (χ0n) is 21.0. The van der Waals surface area contributed by atoms with Gasteiger partial charge in [0.15, 0.2) is 11.5 Å². The quantitative estimate of drug-likeness (QED) is 0.446. The summed E-state index contributed by atoms with van der Waals surface area (Å²) < 4.78 is 2.45. The van der Waals surface area contributed by atoms with Crippen LogP contribution in [-0.2, 0) is 12.0 Å². The Hall–Kier alpha value is -2.94. The molecule has 3 aromatic rings. The minimum Gasteiger partial charge on any atom is -0.365 e. The predicted molar refractivity (Wildman–Crippen MR) is 138 cm³/mol. The van der Waals surface area contributed by atoms with Crippen LogP contribution in [0.15, 0.2) is 30.3 Å². The molecule has 0 amide bonds. The lowest BCUT2D eigenvalue weighted by atomic mass is 9.80. The van der Waals surface area contributed by atoms with Crippen LogP contribution in [0.1, 0.15) is 88.8 Å². The molecule has 3 aliphatic carbocycles. The van der Waals surface area contributed by atoms with E-state index in [1.54, 1.807) is 0 Å². The van der Waals surface area contributed by atoms with Crippen molar-refractivity contribution >= 4 is 17.0 Å². The third-order valence-electron chi connectivity index (χ3n) is 9.00. The van der Waals surface area contributed by atoms with E-state index in [9.17, 15) is 5.26 Å². The maximum Gasteiger partial charge on any atom is 0.236 e. The average Bonchev–Trinajstić information content (AvgIpc) is 3.56. The van der Waals surface area contributed by atoms with E-state index < -0.39 is 0 Å². The lowest BCUT2D eigenvalue weighted by Gasteiger charge is -2.32.